The molecule has 0 N–H and O–H groups in total. The summed E-state index contributed by atoms with van der Waals surface area (Å²) in [4.78, 5) is 0. The van der Waals surface area contributed by atoms with Gasteiger partial charge in [0.25, 0.3) is 0 Å². The fraction of sp³-hybridized carbons (Fsp3) is 0. The zero-order chi connectivity index (χ0) is 27.2. The normalized spacial score (nSPS) is 11.4. The molecule has 0 atom stereocenters. The van der Waals surface area contributed by atoms with E-state index in [1.54, 1.807) is 0 Å². The van der Waals surface area contributed by atoms with Crippen LogP contribution in [0.15, 0.2) is 164 Å². The number of hydrogen-bond acceptors (Lipinski definition) is 0. The van der Waals surface area contributed by atoms with Crippen LogP contribution in [0.5, 0.6) is 0 Å². The lowest BCUT2D eigenvalue weighted by atomic mass is 9.92. The maximum atomic E-state index is 2.38. The monoisotopic (exact) mass is 521 g/mol. The van der Waals surface area contributed by atoms with Crippen molar-refractivity contribution in [2.24, 2.45) is 0 Å². The first-order valence-corrected chi connectivity index (χ1v) is 14.1. The van der Waals surface area contributed by atoms with Gasteiger partial charge in [0.2, 0.25) is 0 Å². The lowest BCUT2D eigenvalue weighted by molar-refractivity contribution is 1.19. The predicted molar refractivity (Wildman–Crippen MR) is 175 cm³/mol. The van der Waals surface area contributed by atoms with Crippen molar-refractivity contribution in [3.8, 4) is 39.1 Å². The minimum Gasteiger partial charge on any atom is -0.309 e. The average Bonchev–Trinajstić information content (AvgIpc) is 3.39. The third kappa shape index (κ3) is 4.11. The van der Waals surface area contributed by atoms with E-state index in [0.717, 1.165) is 0 Å². The maximum Gasteiger partial charge on any atom is 0.0541 e. The van der Waals surface area contributed by atoms with Crippen molar-refractivity contribution >= 4 is 32.6 Å². The summed E-state index contributed by atoms with van der Waals surface area (Å²) < 4.78 is 2.38. The van der Waals surface area contributed by atoms with Gasteiger partial charge in [0.05, 0.1) is 11.0 Å². The molecule has 0 aliphatic rings. The average molecular weight is 522 g/mol. The van der Waals surface area contributed by atoms with Crippen LogP contribution in [0.2, 0.25) is 0 Å². The highest BCUT2D eigenvalue weighted by molar-refractivity contribution is 6.09. The third-order valence-corrected chi connectivity index (χ3v) is 8.14. The van der Waals surface area contributed by atoms with Gasteiger partial charge in [0.1, 0.15) is 0 Å². The van der Waals surface area contributed by atoms with Crippen LogP contribution in [0.4, 0.5) is 0 Å². The maximum absolute atomic E-state index is 2.38. The number of hydrogen-bond donors (Lipinski definition) is 0. The van der Waals surface area contributed by atoms with Crippen LogP contribution in [0, 0.1) is 0 Å². The predicted octanol–water partition coefficient (Wildman–Crippen LogP) is 10.9. The van der Waals surface area contributed by atoms with Crippen molar-refractivity contribution in [1.29, 1.82) is 0 Å². The summed E-state index contributed by atoms with van der Waals surface area (Å²) >= 11 is 0. The lowest BCUT2D eigenvalue weighted by Crippen LogP contribution is -1.93. The zero-order valence-electron chi connectivity index (χ0n) is 22.5. The van der Waals surface area contributed by atoms with Crippen LogP contribution < -0.4 is 0 Å². The van der Waals surface area contributed by atoms with E-state index in [4.69, 9.17) is 0 Å². The molecule has 0 spiro atoms. The molecule has 0 unspecified atom stereocenters. The SMILES string of the molecule is c1ccc(-c2cc(-c3ccccc3)cc(-c3ccc4cc(-n5c6ccccc6c6ccccc65)ccc4c3)c2)cc1. The van der Waals surface area contributed by atoms with Gasteiger partial charge in [-0.15, -0.1) is 0 Å². The topological polar surface area (TPSA) is 4.93 Å². The Labute approximate surface area is 239 Å². The Morgan fingerprint density at radius 1 is 0.293 bits per heavy atom. The van der Waals surface area contributed by atoms with Crippen LogP contribution in [-0.4, -0.2) is 4.57 Å². The van der Waals surface area contributed by atoms with E-state index in [-0.39, 0.29) is 0 Å². The Morgan fingerprint density at radius 2 is 0.756 bits per heavy atom. The molecule has 0 radical (unpaired) electrons. The van der Waals surface area contributed by atoms with Gasteiger partial charge in [-0.05, 0) is 92.7 Å². The van der Waals surface area contributed by atoms with Gasteiger partial charge < -0.3 is 4.57 Å². The quantitative estimate of drug-likeness (QED) is 0.217. The zero-order valence-corrected chi connectivity index (χ0v) is 22.5. The summed E-state index contributed by atoms with van der Waals surface area (Å²) in [7, 11) is 0. The summed E-state index contributed by atoms with van der Waals surface area (Å²) in [5.41, 5.74) is 11.0. The number of aromatic nitrogens is 1. The summed E-state index contributed by atoms with van der Waals surface area (Å²) in [5, 5.41) is 5.03. The summed E-state index contributed by atoms with van der Waals surface area (Å²) in [6, 6.07) is 59.3. The largest absolute Gasteiger partial charge is 0.309 e. The highest BCUT2D eigenvalue weighted by Gasteiger charge is 2.12. The minimum atomic E-state index is 1.18. The molecular weight excluding hydrogens is 494 g/mol. The summed E-state index contributed by atoms with van der Waals surface area (Å²) in [6.07, 6.45) is 0. The van der Waals surface area contributed by atoms with Crippen LogP contribution in [-0.2, 0) is 0 Å². The van der Waals surface area contributed by atoms with E-state index in [1.807, 2.05) is 0 Å². The van der Waals surface area contributed by atoms with Crippen LogP contribution in [0.25, 0.3) is 71.6 Å². The van der Waals surface area contributed by atoms with E-state index in [1.165, 1.54) is 71.6 Å². The Hall–Kier alpha value is -5.40. The molecule has 1 heteroatoms. The van der Waals surface area contributed by atoms with Crippen LogP contribution in [0.3, 0.4) is 0 Å². The molecule has 0 bridgehead atoms. The van der Waals surface area contributed by atoms with Crippen molar-refractivity contribution in [3.63, 3.8) is 0 Å². The fourth-order valence-corrected chi connectivity index (χ4v) is 6.14. The second kappa shape index (κ2) is 9.66. The smallest absolute Gasteiger partial charge is 0.0541 e. The van der Waals surface area contributed by atoms with E-state index in [9.17, 15) is 0 Å². The molecule has 8 aromatic rings. The van der Waals surface area contributed by atoms with Crippen molar-refractivity contribution in [3.05, 3.63) is 164 Å². The highest BCUT2D eigenvalue weighted by atomic mass is 15.0. The molecule has 0 aliphatic heterocycles. The van der Waals surface area contributed by atoms with Crippen molar-refractivity contribution in [1.82, 2.24) is 4.57 Å². The number of rotatable bonds is 4. The number of benzene rings is 7. The van der Waals surface area contributed by atoms with Crippen molar-refractivity contribution < 1.29 is 0 Å². The van der Waals surface area contributed by atoms with Crippen molar-refractivity contribution in [2.75, 3.05) is 0 Å². The molecule has 1 nitrogen and oxygen atoms in total. The fourth-order valence-electron chi connectivity index (χ4n) is 6.14. The lowest BCUT2D eigenvalue weighted by Gasteiger charge is -2.13. The van der Waals surface area contributed by atoms with Crippen LogP contribution in [0.1, 0.15) is 0 Å². The van der Waals surface area contributed by atoms with E-state index >= 15 is 0 Å². The molecule has 0 saturated carbocycles. The molecule has 8 rings (SSSR count). The number of fused-ring (bicyclic) bond motifs is 4. The standard InChI is InChI=1S/C40H27N/c1-3-11-28(12-4-1)33-24-34(29-13-5-2-6-14-29)26-35(25-33)31-19-20-32-27-36(22-21-30(32)23-31)41-39-17-9-7-15-37(39)38-16-8-10-18-40(38)41/h1-27H. The van der Waals surface area contributed by atoms with Crippen molar-refractivity contribution in [2.45, 2.75) is 0 Å². The summed E-state index contributed by atoms with van der Waals surface area (Å²) in [6.45, 7) is 0. The molecule has 41 heavy (non-hydrogen) atoms. The van der Waals surface area contributed by atoms with Crippen LogP contribution >= 0.6 is 0 Å². The van der Waals surface area contributed by atoms with E-state index in [2.05, 4.69) is 168 Å². The van der Waals surface area contributed by atoms with Gasteiger partial charge >= 0.3 is 0 Å². The molecular formula is C40H27N. The summed E-state index contributed by atoms with van der Waals surface area (Å²) in [5.74, 6) is 0. The Balaban J connectivity index is 1.26. The molecule has 0 saturated heterocycles. The first-order chi connectivity index (χ1) is 20.3. The molecule has 0 aliphatic carbocycles. The molecule has 7 aromatic carbocycles. The van der Waals surface area contributed by atoms with E-state index in [0.29, 0.717) is 0 Å². The molecule has 0 fully saturated rings. The second-order valence-electron chi connectivity index (χ2n) is 10.6. The minimum absolute atomic E-state index is 1.18. The van der Waals surface area contributed by atoms with Gasteiger partial charge in [0.15, 0.2) is 0 Å². The highest BCUT2D eigenvalue weighted by Crippen LogP contribution is 2.36. The van der Waals surface area contributed by atoms with Gasteiger partial charge in [-0.3, -0.25) is 0 Å². The Morgan fingerprint density at radius 3 is 1.34 bits per heavy atom. The first-order valence-electron chi connectivity index (χ1n) is 14.1. The molecule has 1 heterocycles. The third-order valence-electron chi connectivity index (χ3n) is 8.14. The van der Waals surface area contributed by atoms with E-state index < -0.39 is 0 Å². The molecule has 1 aromatic heterocycles. The second-order valence-corrected chi connectivity index (χ2v) is 10.6. The Kier molecular flexibility index (Phi) is 5.53. The Bertz CT molecular complexity index is 2080. The van der Waals surface area contributed by atoms with Gasteiger partial charge in [-0.2, -0.15) is 0 Å². The number of para-hydroxylation sites is 2. The molecule has 192 valence electrons. The van der Waals surface area contributed by atoms with Gasteiger partial charge in [0, 0.05) is 16.5 Å². The molecule has 0 amide bonds. The van der Waals surface area contributed by atoms with Gasteiger partial charge in [-0.25, -0.2) is 0 Å². The van der Waals surface area contributed by atoms with Gasteiger partial charge in [-0.1, -0.05) is 115 Å². The number of nitrogens with zero attached hydrogens (tertiary/aromatic N) is 1. The first kappa shape index (κ1) is 23.5.